The van der Waals surface area contributed by atoms with Crippen LogP contribution in [-0.2, 0) is 0 Å². The maximum atomic E-state index is 2.39. The van der Waals surface area contributed by atoms with E-state index in [1.165, 1.54) is 25.2 Å². The average Bonchev–Trinajstić information content (AvgIpc) is 2.04. The molecule has 0 aliphatic carbocycles. The summed E-state index contributed by atoms with van der Waals surface area (Å²) in [5, 5.41) is 0. The van der Waals surface area contributed by atoms with Crippen molar-refractivity contribution in [2.24, 2.45) is 0 Å². The van der Waals surface area contributed by atoms with Crippen molar-refractivity contribution in [3.05, 3.63) is 0 Å². The second-order valence-corrected chi connectivity index (χ2v) is 5.04. The van der Waals surface area contributed by atoms with Gasteiger partial charge in [0, 0.05) is 0 Å². The van der Waals surface area contributed by atoms with Crippen molar-refractivity contribution in [2.75, 3.05) is 23.9 Å². The first-order valence-corrected chi connectivity index (χ1v) is 8.19. The smallest absolute Gasteiger partial charge is 0.0121 e. The highest BCUT2D eigenvalue weighted by Crippen LogP contribution is 2.30. The van der Waals surface area contributed by atoms with Crippen molar-refractivity contribution >= 4 is 30.5 Å². The van der Waals surface area contributed by atoms with Crippen LogP contribution in [0.4, 0.5) is 0 Å². The lowest BCUT2D eigenvalue weighted by atomic mass is 10.4. The SMILES string of the molecule is CCCCP(C)CC.CI. The highest BCUT2D eigenvalue weighted by molar-refractivity contribution is 14.1. The van der Waals surface area contributed by atoms with Gasteiger partial charge in [-0.1, -0.05) is 42.9 Å². The maximum Gasteiger partial charge on any atom is -0.0121 e. The molecule has 0 aliphatic rings. The average molecular weight is 274 g/mol. The van der Waals surface area contributed by atoms with Gasteiger partial charge in [-0.2, -0.15) is 0 Å². The molecule has 1 atom stereocenters. The van der Waals surface area contributed by atoms with Gasteiger partial charge in [0.2, 0.25) is 0 Å². The predicted molar refractivity (Wildman–Crippen MR) is 63.1 cm³/mol. The first kappa shape index (κ1) is 13.7. The number of unbranched alkanes of at least 4 members (excludes halogenated alkanes) is 1. The Morgan fingerprint density at radius 2 is 1.70 bits per heavy atom. The molecule has 0 nitrogen and oxygen atoms in total. The second-order valence-electron chi connectivity index (χ2n) is 2.25. The number of alkyl halides is 1. The molecule has 0 heterocycles. The van der Waals surface area contributed by atoms with Gasteiger partial charge < -0.3 is 0 Å². The fraction of sp³-hybridized carbons (Fsp3) is 1.00. The van der Waals surface area contributed by atoms with Gasteiger partial charge >= 0.3 is 0 Å². The van der Waals surface area contributed by atoms with Crippen LogP contribution in [0.25, 0.3) is 0 Å². The summed E-state index contributed by atoms with van der Waals surface area (Å²) in [7, 11) is 0.416. The molecule has 0 bridgehead atoms. The number of hydrogen-bond acceptors (Lipinski definition) is 0. The van der Waals surface area contributed by atoms with Crippen molar-refractivity contribution in [1.29, 1.82) is 0 Å². The van der Waals surface area contributed by atoms with Crippen molar-refractivity contribution in [3.8, 4) is 0 Å². The Hall–Kier alpha value is 1.16. The maximum absolute atomic E-state index is 2.39. The molecule has 0 amide bonds. The summed E-state index contributed by atoms with van der Waals surface area (Å²) in [6.45, 7) is 6.95. The molecule has 0 aromatic heterocycles. The predicted octanol–water partition coefficient (Wildman–Crippen LogP) is 3.97. The lowest BCUT2D eigenvalue weighted by molar-refractivity contribution is 0.891. The van der Waals surface area contributed by atoms with E-state index < -0.39 is 0 Å². The summed E-state index contributed by atoms with van der Waals surface area (Å²) in [6.07, 6.45) is 5.71. The van der Waals surface area contributed by atoms with E-state index in [9.17, 15) is 0 Å². The topological polar surface area (TPSA) is 0 Å². The standard InChI is InChI=1S/C7H17P.CH3I/c1-4-6-7-8(3)5-2;1-2/h4-7H2,1-3H3;1H3. The van der Waals surface area contributed by atoms with Crippen LogP contribution in [0, 0.1) is 0 Å². The molecule has 0 N–H and O–H groups in total. The fourth-order valence-electron chi connectivity index (χ4n) is 0.586. The van der Waals surface area contributed by atoms with Gasteiger partial charge in [-0.05, 0) is 30.3 Å². The third-order valence-electron chi connectivity index (χ3n) is 1.43. The lowest BCUT2D eigenvalue weighted by Crippen LogP contribution is -1.83. The van der Waals surface area contributed by atoms with Gasteiger partial charge in [-0.25, -0.2) is 0 Å². The highest BCUT2D eigenvalue weighted by atomic mass is 127. The van der Waals surface area contributed by atoms with Crippen LogP contribution in [0.5, 0.6) is 0 Å². The van der Waals surface area contributed by atoms with Crippen LogP contribution in [-0.4, -0.2) is 23.9 Å². The molecule has 0 fully saturated rings. The van der Waals surface area contributed by atoms with Crippen molar-refractivity contribution in [1.82, 2.24) is 0 Å². The summed E-state index contributed by atoms with van der Waals surface area (Å²) in [4.78, 5) is 1.97. The van der Waals surface area contributed by atoms with Crippen LogP contribution in [0.15, 0.2) is 0 Å². The van der Waals surface area contributed by atoms with E-state index in [2.05, 4.69) is 43.1 Å². The Morgan fingerprint density at radius 1 is 1.20 bits per heavy atom. The molecule has 0 aromatic carbocycles. The summed E-state index contributed by atoms with van der Waals surface area (Å²) >= 11 is 2.15. The molecule has 0 aliphatic heterocycles. The number of rotatable bonds is 4. The largest absolute Gasteiger partial charge is 0.110 e. The second kappa shape index (κ2) is 12.8. The number of halogens is 1. The first-order valence-electron chi connectivity index (χ1n) is 3.87. The fourth-order valence-corrected chi connectivity index (χ4v) is 1.76. The molecular weight excluding hydrogens is 254 g/mol. The zero-order chi connectivity index (χ0) is 8.41. The Morgan fingerprint density at radius 3 is 2.00 bits per heavy atom. The minimum atomic E-state index is 0.416. The molecule has 0 saturated heterocycles. The molecular formula is C8H20IP. The normalized spacial score (nSPS) is 11.7. The molecule has 0 radical (unpaired) electrons. The van der Waals surface area contributed by atoms with Gasteiger partial charge in [0.05, 0.1) is 0 Å². The monoisotopic (exact) mass is 274 g/mol. The molecule has 1 unspecified atom stereocenters. The van der Waals surface area contributed by atoms with E-state index in [4.69, 9.17) is 0 Å². The van der Waals surface area contributed by atoms with Gasteiger partial charge in [0.1, 0.15) is 0 Å². The summed E-state index contributed by atoms with van der Waals surface area (Å²) < 4.78 is 0. The van der Waals surface area contributed by atoms with Crippen LogP contribution >= 0.6 is 30.5 Å². The Balaban J connectivity index is 0. The summed E-state index contributed by atoms with van der Waals surface area (Å²) in [5.41, 5.74) is 0. The third kappa shape index (κ3) is 11.9. The molecule has 0 rings (SSSR count). The summed E-state index contributed by atoms with van der Waals surface area (Å²) in [5.74, 6) is 0. The molecule has 2 heteroatoms. The number of hydrogen-bond donors (Lipinski definition) is 0. The van der Waals surface area contributed by atoms with E-state index in [1.807, 2.05) is 4.93 Å². The van der Waals surface area contributed by atoms with Gasteiger partial charge in [-0.3, -0.25) is 0 Å². The van der Waals surface area contributed by atoms with Crippen molar-refractivity contribution < 1.29 is 0 Å². The zero-order valence-corrected chi connectivity index (χ0v) is 10.7. The molecule has 10 heavy (non-hydrogen) atoms. The Labute approximate surface area is 81.1 Å². The highest BCUT2D eigenvalue weighted by Gasteiger charge is 1.93. The minimum absolute atomic E-state index is 0.416. The van der Waals surface area contributed by atoms with Crippen molar-refractivity contribution in [3.63, 3.8) is 0 Å². The zero-order valence-electron chi connectivity index (χ0n) is 7.65. The van der Waals surface area contributed by atoms with Crippen molar-refractivity contribution in [2.45, 2.75) is 26.7 Å². The van der Waals surface area contributed by atoms with Gasteiger partial charge in [0.15, 0.2) is 0 Å². The van der Waals surface area contributed by atoms with E-state index >= 15 is 0 Å². The molecule has 0 spiro atoms. The third-order valence-corrected chi connectivity index (χ3v) is 3.59. The Bertz CT molecular complexity index is 48.5. The van der Waals surface area contributed by atoms with Crippen LogP contribution < -0.4 is 0 Å². The minimum Gasteiger partial charge on any atom is -0.110 e. The summed E-state index contributed by atoms with van der Waals surface area (Å²) in [6, 6.07) is 0. The molecule has 0 aromatic rings. The van der Waals surface area contributed by atoms with Gasteiger partial charge in [-0.15, -0.1) is 7.92 Å². The van der Waals surface area contributed by atoms with E-state index in [0.29, 0.717) is 7.92 Å². The molecule has 0 saturated carbocycles. The lowest BCUT2D eigenvalue weighted by Gasteiger charge is -2.05. The van der Waals surface area contributed by atoms with E-state index in [-0.39, 0.29) is 0 Å². The van der Waals surface area contributed by atoms with Gasteiger partial charge in [0.25, 0.3) is 0 Å². The van der Waals surface area contributed by atoms with Crippen LogP contribution in [0.1, 0.15) is 26.7 Å². The van der Waals surface area contributed by atoms with Crippen LogP contribution in [0.2, 0.25) is 0 Å². The first-order chi connectivity index (χ1) is 4.81. The van der Waals surface area contributed by atoms with E-state index in [1.54, 1.807) is 0 Å². The quantitative estimate of drug-likeness (QED) is 0.413. The van der Waals surface area contributed by atoms with E-state index in [0.717, 1.165) is 0 Å². The Kier molecular flexibility index (Phi) is 17.6. The molecule has 64 valence electrons. The van der Waals surface area contributed by atoms with Crippen LogP contribution in [0.3, 0.4) is 0 Å².